The van der Waals surface area contributed by atoms with Crippen molar-refractivity contribution in [3.8, 4) is 28.6 Å². The molecule has 0 spiro atoms. The molecular weight excluding hydrogens is 388 g/mol. The van der Waals surface area contributed by atoms with Crippen LogP contribution in [0.4, 0.5) is 0 Å². The van der Waals surface area contributed by atoms with Crippen LogP contribution >= 0.6 is 0 Å². The first-order valence-corrected chi connectivity index (χ1v) is 11.2. The number of hydrogen-bond acceptors (Lipinski definition) is 5. The monoisotopic (exact) mass is 418 g/mol. The predicted octanol–water partition coefficient (Wildman–Crippen LogP) is 6.35. The van der Waals surface area contributed by atoms with Crippen molar-refractivity contribution in [2.24, 2.45) is 0 Å². The fourth-order valence-electron chi connectivity index (χ4n) is 3.64. The maximum Gasteiger partial charge on any atom is 0.231 e. The van der Waals surface area contributed by atoms with Gasteiger partial charge in [-0.05, 0) is 60.4 Å². The van der Waals surface area contributed by atoms with Gasteiger partial charge in [0.25, 0.3) is 0 Å². The molecule has 2 heterocycles. The summed E-state index contributed by atoms with van der Waals surface area (Å²) >= 11 is 0. The van der Waals surface area contributed by atoms with E-state index in [1.807, 2.05) is 54.9 Å². The lowest BCUT2D eigenvalue weighted by Crippen LogP contribution is -1.96. The first-order valence-electron chi connectivity index (χ1n) is 11.2. The van der Waals surface area contributed by atoms with E-state index < -0.39 is 0 Å². The molecule has 0 saturated heterocycles. The van der Waals surface area contributed by atoms with Crippen molar-refractivity contribution in [3.05, 3.63) is 66.0 Å². The fourth-order valence-corrected chi connectivity index (χ4v) is 3.64. The van der Waals surface area contributed by atoms with Gasteiger partial charge in [-0.1, -0.05) is 45.1 Å². The Hall–Kier alpha value is -3.08. The van der Waals surface area contributed by atoms with E-state index in [4.69, 9.17) is 14.2 Å². The third-order valence-electron chi connectivity index (χ3n) is 5.48. The molecule has 0 N–H and O–H groups in total. The van der Waals surface area contributed by atoms with Crippen LogP contribution in [0.2, 0.25) is 0 Å². The molecule has 4 rings (SSSR count). The summed E-state index contributed by atoms with van der Waals surface area (Å²) in [5.74, 6) is 3.11. The van der Waals surface area contributed by atoms with Crippen LogP contribution in [-0.2, 0) is 13.0 Å². The molecule has 0 amide bonds. The Bertz CT molecular complexity index is 955. The van der Waals surface area contributed by atoms with Gasteiger partial charge in [0, 0.05) is 18.0 Å². The summed E-state index contributed by atoms with van der Waals surface area (Å²) in [4.78, 5) is 9.11. The molecule has 5 nitrogen and oxygen atoms in total. The maximum absolute atomic E-state index is 5.90. The van der Waals surface area contributed by atoms with Gasteiger partial charge in [0.1, 0.15) is 12.4 Å². The van der Waals surface area contributed by atoms with E-state index in [9.17, 15) is 0 Å². The molecule has 3 aromatic rings. The number of unbranched alkanes of at least 4 members (excludes halogenated alkanes) is 5. The second-order valence-corrected chi connectivity index (χ2v) is 7.93. The number of ether oxygens (including phenoxy) is 3. The standard InChI is InChI=1S/C26H30N2O3/c1-2-3-4-5-6-7-8-21-16-27-26(28-17-21)22-10-12-23(13-11-22)29-18-20-9-14-24-25(15-20)31-19-30-24/h9-17H,2-8,18-19H2,1H3. The number of nitrogens with zero attached hydrogens (tertiary/aromatic N) is 2. The van der Waals surface area contributed by atoms with E-state index >= 15 is 0 Å². The average molecular weight is 419 g/mol. The molecule has 31 heavy (non-hydrogen) atoms. The fraction of sp³-hybridized carbons (Fsp3) is 0.385. The maximum atomic E-state index is 5.90. The molecule has 162 valence electrons. The largest absolute Gasteiger partial charge is 0.489 e. The SMILES string of the molecule is CCCCCCCCc1cnc(-c2ccc(OCc3ccc4c(c3)OCO4)cc2)nc1. The van der Waals surface area contributed by atoms with Crippen LogP contribution in [0.15, 0.2) is 54.9 Å². The van der Waals surface area contributed by atoms with Gasteiger partial charge in [-0.2, -0.15) is 0 Å². The van der Waals surface area contributed by atoms with Crippen molar-refractivity contribution in [3.63, 3.8) is 0 Å². The van der Waals surface area contributed by atoms with Crippen molar-refractivity contribution < 1.29 is 14.2 Å². The summed E-state index contributed by atoms with van der Waals surface area (Å²) < 4.78 is 16.7. The van der Waals surface area contributed by atoms with Crippen molar-refractivity contribution in [1.29, 1.82) is 0 Å². The van der Waals surface area contributed by atoms with Gasteiger partial charge in [0.05, 0.1) is 0 Å². The van der Waals surface area contributed by atoms with E-state index in [0.29, 0.717) is 6.61 Å². The van der Waals surface area contributed by atoms with E-state index in [-0.39, 0.29) is 6.79 Å². The van der Waals surface area contributed by atoms with E-state index in [2.05, 4.69) is 16.9 Å². The molecule has 1 aliphatic heterocycles. The van der Waals surface area contributed by atoms with Crippen LogP contribution in [0.5, 0.6) is 17.2 Å². The first kappa shape index (κ1) is 21.2. The number of rotatable bonds is 11. The highest BCUT2D eigenvalue weighted by Crippen LogP contribution is 2.32. The summed E-state index contributed by atoms with van der Waals surface area (Å²) in [6, 6.07) is 13.8. The van der Waals surface area contributed by atoms with Gasteiger partial charge in [0.2, 0.25) is 6.79 Å². The van der Waals surface area contributed by atoms with Gasteiger partial charge in [-0.25, -0.2) is 9.97 Å². The highest BCUT2D eigenvalue weighted by Gasteiger charge is 2.13. The predicted molar refractivity (Wildman–Crippen MR) is 121 cm³/mol. The molecular formula is C26H30N2O3. The highest BCUT2D eigenvalue weighted by atomic mass is 16.7. The normalized spacial score (nSPS) is 12.2. The van der Waals surface area contributed by atoms with E-state index in [1.54, 1.807) is 0 Å². The van der Waals surface area contributed by atoms with Gasteiger partial charge in [-0.15, -0.1) is 0 Å². The highest BCUT2D eigenvalue weighted by molar-refractivity contribution is 5.56. The minimum absolute atomic E-state index is 0.281. The smallest absolute Gasteiger partial charge is 0.231 e. The third kappa shape index (κ3) is 5.97. The number of benzene rings is 2. The van der Waals surface area contributed by atoms with Gasteiger partial charge in [0.15, 0.2) is 17.3 Å². The molecule has 0 radical (unpaired) electrons. The summed E-state index contributed by atoms with van der Waals surface area (Å²) in [5.41, 5.74) is 3.24. The molecule has 1 aromatic heterocycles. The summed E-state index contributed by atoms with van der Waals surface area (Å²) in [5, 5.41) is 0. The minimum Gasteiger partial charge on any atom is -0.489 e. The van der Waals surface area contributed by atoms with Crippen LogP contribution in [0, 0.1) is 0 Å². The summed E-state index contributed by atoms with van der Waals surface area (Å²) in [6.07, 6.45) is 12.8. The number of hydrogen-bond donors (Lipinski definition) is 0. The average Bonchev–Trinajstić information content (AvgIpc) is 3.29. The molecule has 2 aromatic carbocycles. The van der Waals surface area contributed by atoms with Crippen LogP contribution in [0.25, 0.3) is 11.4 Å². The zero-order valence-electron chi connectivity index (χ0n) is 18.2. The van der Waals surface area contributed by atoms with Crippen LogP contribution < -0.4 is 14.2 Å². The number of aryl methyl sites for hydroxylation is 1. The number of fused-ring (bicyclic) bond motifs is 1. The van der Waals surface area contributed by atoms with E-state index in [0.717, 1.165) is 40.6 Å². The van der Waals surface area contributed by atoms with Crippen LogP contribution in [0.3, 0.4) is 0 Å². The van der Waals surface area contributed by atoms with Crippen LogP contribution in [-0.4, -0.2) is 16.8 Å². The lowest BCUT2D eigenvalue weighted by Gasteiger charge is -2.08. The number of aromatic nitrogens is 2. The Morgan fingerprint density at radius 1 is 0.806 bits per heavy atom. The Balaban J connectivity index is 1.26. The molecule has 0 aliphatic carbocycles. The van der Waals surface area contributed by atoms with E-state index in [1.165, 1.54) is 44.1 Å². The molecule has 5 heteroatoms. The Labute approximate surface area is 184 Å². The second kappa shape index (κ2) is 10.8. The molecule has 0 unspecified atom stereocenters. The quantitative estimate of drug-likeness (QED) is 0.339. The van der Waals surface area contributed by atoms with Crippen molar-refractivity contribution >= 4 is 0 Å². The molecule has 0 fully saturated rings. The Morgan fingerprint density at radius 3 is 2.35 bits per heavy atom. The second-order valence-electron chi connectivity index (χ2n) is 7.93. The molecule has 0 atom stereocenters. The van der Waals surface area contributed by atoms with Crippen molar-refractivity contribution in [2.75, 3.05) is 6.79 Å². The molecule has 0 saturated carbocycles. The van der Waals surface area contributed by atoms with Gasteiger partial charge < -0.3 is 14.2 Å². The summed E-state index contributed by atoms with van der Waals surface area (Å²) in [6.45, 7) is 3.00. The lowest BCUT2D eigenvalue weighted by atomic mass is 10.1. The van der Waals surface area contributed by atoms with Crippen molar-refractivity contribution in [1.82, 2.24) is 9.97 Å². The Morgan fingerprint density at radius 2 is 1.55 bits per heavy atom. The first-order chi connectivity index (χ1) is 15.3. The van der Waals surface area contributed by atoms with Gasteiger partial charge >= 0.3 is 0 Å². The lowest BCUT2D eigenvalue weighted by molar-refractivity contribution is 0.174. The summed E-state index contributed by atoms with van der Waals surface area (Å²) in [7, 11) is 0. The molecule has 0 bridgehead atoms. The van der Waals surface area contributed by atoms with Crippen molar-refractivity contribution in [2.45, 2.75) is 58.5 Å². The zero-order chi connectivity index (χ0) is 21.3. The topological polar surface area (TPSA) is 53.5 Å². The zero-order valence-corrected chi connectivity index (χ0v) is 18.2. The van der Waals surface area contributed by atoms with Crippen LogP contribution in [0.1, 0.15) is 56.6 Å². The Kier molecular flexibility index (Phi) is 7.37. The van der Waals surface area contributed by atoms with Gasteiger partial charge in [-0.3, -0.25) is 0 Å². The minimum atomic E-state index is 0.281. The molecule has 1 aliphatic rings. The third-order valence-corrected chi connectivity index (χ3v) is 5.48.